The van der Waals surface area contributed by atoms with E-state index < -0.39 is 4.84 Å². The van der Waals surface area contributed by atoms with E-state index in [0.29, 0.717) is 0 Å². The molecule has 0 rings (SSSR count). The van der Waals surface area contributed by atoms with Crippen molar-refractivity contribution in [2.24, 2.45) is 0 Å². The molecule has 10 heavy (non-hydrogen) atoms. The number of halogens is 2. The molecule has 0 atom stereocenters. The summed E-state index contributed by atoms with van der Waals surface area (Å²) >= 11 is 10.5. The molecule has 0 fully saturated rings. The minimum Gasteiger partial charge on any atom is -0.332 e. The molecule has 1 amide bonds. The van der Waals surface area contributed by atoms with Gasteiger partial charge in [-0.1, -0.05) is 29.1 Å². The third-order valence-electron chi connectivity index (χ3n) is 0.891. The third kappa shape index (κ3) is 2.95. The summed E-state index contributed by atoms with van der Waals surface area (Å²) in [6, 6.07) is 0. The molecular formula is C6H7Cl2NO. The minimum absolute atomic E-state index is 0.231. The molecule has 0 bridgehead atoms. The van der Waals surface area contributed by atoms with Crippen LogP contribution in [0.5, 0.6) is 0 Å². The van der Waals surface area contributed by atoms with Crippen LogP contribution < -0.4 is 0 Å². The average molecular weight is 180 g/mol. The van der Waals surface area contributed by atoms with Crippen LogP contribution in [0.2, 0.25) is 0 Å². The van der Waals surface area contributed by atoms with Gasteiger partial charge in [-0.25, -0.2) is 0 Å². The van der Waals surface area contributed by atoms with Crippen LogP contribution in [-0.2, 0) is 4.79 Å². The van der Waals surface area contributed by atoms with E-state index in [-0.39, 0.29) is 12.5 Å². The molecule has 0 aromatic carbocycles. The van der Waals surface area contributed by atoms with Gasteiger partial charge in [-0.15, -0.1) is 6.42 Å². The van der Waals surface area contributed by atoms with Gasteiger partial charge in [0.05, 0.1) is 6.54 Å². The lowest BCUT2D eigenvalue weighted by Gasteiger charge is -2.13. The molecule has 0 aliphatic carbocycles. The predicted octanol–water partition coefficient (Wildman–Crippen LogP) is 0.882. The number of rotatable bonds is 2. The lowest BCUT2D eigenvalue weighted by molar-refractivity contribution is -0.127. The van der Waals surface area contributed by atoms with E-state index in [0.717, 1.165) is 0 Å². The van der Waals surface area contributed by atoms with Crippen molar-refractivity contribution < 1.29 is 4.79 Å². The third-order valence-corrected chi connectivity index (χ3v) is 1.26. The molecule has 4 heteroatoms. The van der Waals surface area contributed by atoms with Gasteiger partial charge in [0, 0.05) is 7.05 Å². The maximum absolute atomic E-state index is 10.8. The maximum atomic E-state index is 10.8. The highest BCUT2D eigenvalue weighted by Crippen LogP contribution is 2.04. The largest absolute Gasteiger partial charge is 0.332 e. The Hall–Kier alpha value is -0.390. The Morgan fingerprint density at radius 3 is 2.60 bits per heavy atom. The molecule has 0 N–H and O–H groups in total. The monoisotopic (exact) mass is 179 g/mol. The fraction of sp³-hybridized carbons (Fsp3) is 0.500. The van der Waals surface area contributed by atoms with E-state index in [2.05, 4.69) is 5.92 Å². The molecule has 0 spiro atoms. The molecule has 0 aromatic heterocycles. The van der Waals surface area contributed by atoms with Crippen LogP contribution in [0, 0.1) is 12.3 Å². The lowest BCUT2D eigenvalue weighted by atomic mass is 10.5. The summed E-state index contributed by atoms with van der Waals surface area (Å²) in [5.41, 5.74) is 0. The Bertz CT molecular complexity index is 162. The van der Waals surface area contributed by atoms with Crippen LogP contribution in [-0.4, -0.2) is 29.2 Å². The van der Waals surface area contributed by atoms with Gasteiger partial charge in [0.25, 0.3) is 5.91 Å². The van der Waals surface area contributed by atoms with Gasteiger partial charge in [-0.2, -0.15) is 0 Å². The second-order valence-electron chi connectivity index (χ2n) is 1.70. The Morgan fingerprint density at radius 1 is 1.80 bits per heavy atom. The highest BCUT2D eigenvalue weighted by Gasteiger charge is 2.14. The predicted molar refractivity (Wildman–Crippen MR) is 42.0 cm³/mol. The molecule has 0 saturated carbocycles. The van der Waals surface area contributed by atoms with E-state index in [4.69, 9.17) is 29.6 Å². The van der Waals surface area contributed by atoms with Crippen molar-refractivity contribution in [3.05, 3.63) is 0 Å². The van der Waals surface area contributed by atoms with E-state index in [1.165, 1.54) is 4.90 Å². The normalized spacial score (nSPS) is 9.10. The van der Waals surface area contributed by atoms with Gasteiger partial charge in [-0.05, 0) is 0 Å². The number of carbonyl (C=O) groups excluding carboxylic acids is 1. The molecule has 2 nitrogen and oxygen atoms in total. The molecule has 0 aromatic rings. The summed E-state index contributed by atoms with van der Waals surface area (Å²) in [4.78, 5) is 11.1. The van der Waals surface area contributed by atoms with E-state index >= 15 is 0 Å². The summed E-state index contributed by atoms with van der Waals surface area (Å²) in [5.74, 6) is 1.92. The van der Waals surface area contributed by atoms with E-state index in [1.807, 2.05) is 0 Å². The van der Waals surface area contributed by atoms with Crippen LogP contribution in [0.25, 0.3) is 0 Å². The lowest BCUT2D eigenvalue weighted by Crippen LogP contribution is -2.31. The number of terminal acetylenes is 1. The Labute approximate surface area is 70.1 Å². The standard InChI is InChI=1S/C6H7Cl2NO/c1-3-4-9(2)6(10)5(7)8/h1,5H,4H2,2H3. The molecule has 56 valence electrons. The van der Waals surface area contributed by atoms with E-state index in [9.17, 15) is 4.79 Å². The van der Waals surface area contributed by atoms with Crippen LogP contribution >= 0.6 is 23.2 Å². The van der Waals surface area contributed by atoms with Crippen molar-refractivity contribution in [3.8, 4) is 12.3 Å². The summed E-state index contributed by atoms with van der Waals surface area (Å²) < 4.78 is 0. The second kappa shape index (κ2) is 4.43. The summed E-state index contributed by atoms with van der Waals surface area (Å²) in [6.45, 7) is 0.231. The van der Waals surface area contributed by atoms with E-state index in [1.54, 1.807) is 7.05 Å². The Morgan fingerprint density at radius 2 is 2.30 bits per heavy atom. The SMILES string of the molecule is C#CCN(C)C(=O)C(Cl)Cl. The molecule has 0 radical (unpaired) electrons. The number of hydrogen-bond acceptors (Lipinski definition) is 1. The first-order valence-corrected chi connectivity index (χ1v) is 3.43. The van der Waals surface area contributed by atoms with Gasteiger partial charge in [0.15, 0.2) is 4.84 Å². The number of carbonyl (C=O) groups is 1. The molecule has 0 saturated heterocycles. The highest BCUT2D eigenvalue weighted by molar-refractivity contribution is 6.53. The second-order valence-corrected chi connectivity index (χ2v) is 2.80. The smallest absolute Gasteiger partial charge is 0.256 e. The fourth-order valence-electron chi connectivity index (χ4n) is 0.381. The number of nitrogens with zero attached hydrogens (tertiary/aromatic N) is 1. The Kier molecular flexibility index (Phi) is 4.26. The number of hydrogen-bond donors (Lipinski definition) is 0. The number of amides is 1. The summed E-state index contributed by atoms with van der Waals surface area (Å²) in [5, 5.41) is 0. The van der Waals surface area contributed by atoms with Crippen LogP contribution in [0.4, 0.5) is 0 Å². The van der Waals surface area contributed by atoms with Crippen LogP contribution in [0.1, 0.15) is 0 Å². The van der Waals surface area contributed by atoms with Gasteiger partial charge < -0.3 is 4.90 Å². The van der Waals surface area contributed by atoms with Gasteiger partial charge in [0.1, 0.15) is 0 Å². The first-order valence-electron chi connectivity index (χ1n) is 2.56. The summed E-state index contributed by atoms with van der Waals surface area (Å²) in [6.07, 6.45) is 4.94. The topological polar surface area (TPSA) is 20.3 Å². The van der Waals surface area contributed by atoms with Crippen LogP contribution in [0.3, 0.4) is 0 Å². The fourth-order valence-corrected chi connectivity index (χ4v) is 0.715. The maximum Gasteiger partial charge on any atom is 0.256 e. The van der Waals surface area contributed by atoms with Crippen molar-refractivity contribution >= 4 is 29.1 Å². The Balaban J connectivity index is 3.85. The van der Waals surface area contributed by atoms with Gasteiger partial charge >= 0.3 is 0 Å². The highest BCUT2D eigenvalue weighted by atomic mass is 35.5. The van der Waals surface area contributed by atoms with Gasteiger partial charge in [-0.3, -0.25) is 4.79 Å². The van der Waals surface area contributed by atoms with Crippen molar-refractivity contribution in [3.63, 3.8) is 0 Å². The molecule has 0 unspecified atom stereocenters. The molecule has 0 aliphatic rings. The van der Waals surface area contributed by atoms with Crippen molar-refractivity contribution in [1.29, 1.82) is 0 Å². The van der Waals surface area contributed by atoms with Crippen molar-refractivity contribution in [2.45, 2.75) is 4.84 Å². The molecular weight excluding hydrogens is 173 g/mol. The zero-order valence-corrected chi connectivity index (χ0v) is 6.99. The van der Waals surface area contributed by atoms with Gasteiger partial charge in [0.2, 0.25) is 0 Å². The molecule has 0 heterocycles. The number of alkyl halides is 2. The first-order chi connectivity index (χ1) is 4.59. The zero-order valence-electron chi connectivity index (χ0n) is 5.47. The average Bonchev–Trinajstić information content (AvgIpc) is 1.87. The van der Waals surface area contributed by atoms with Crippen LogP contribution in [0.15, 0.2) is 0 Å². The minimum atomic E-state index is -1.02. The first kappa shape index (κ1) is 9.61. The van der Waals surface area contributed by atoms with Crippen molar-refractivity contribution in [1.82, 2.24) is 4.90 Å². The van der Waals surface area contributed by atoms with Crippen molar-refractivity contribution in [2.75, 3.05) is 13.6 Å². The summed E-state index contributed by atoms with van der Waals surface area (Å²) in [7, 11) is 1.54. The quantitative estimate of drug-likeness (QED) is 0.456. The zero-order chi connectivity index (χ0) is 8.15. The molecule has 0 aliphatic heterocycles.